The molecule has 1 saturated heterocycles. The number of hydrogen-bond acceptors (Lipinski definition) is 7. The molecule has 0 bridgehead atoms. The van der Waals surface area contributed by atoms with Crippen LogP contribution in [0.25, 0.3) is 0 Å². The predicted molar refractivity (Wildman–Crippen MR) is 91.2 cm³/mol. The summed E-state index contributed by atoms with van der Waals surface area (Å²) in [6, 6.07) is 5.03. The summed E-state index contributed by atoms with van der Waals surface area (Å²) in [5.41, 5.74) is -0.151. The molecule has 0 aromatic heterocycles. The number of nitro benzene ring substituents is 1. The van der Waals surface area contributed by atoms with E-state index in [9.17, 15) is 24.5 Å². The van der Waals surface area contributed by atoms with Gasteiger partial charge in [-0.25, -0.2) is 4.79 Å². The molecule has 0 radical (unpaired) electrons. The molecule has 1 aliphatic rings. The number of nitrogens with zero attached hydrogens (tertiary/aromatic N) is 1. The molecular formula is C15H17N3O6S. The molecule has 134 valence electrons. The van der Waals surface area contributed by atoms with Crippen LogP contribution < -0.4 is 10.6 Å². The standard InChI is InChI=1S/C15H17N3O6S/c1-2-24-15(21)10-8-25-12(14(20)17-10)7-13(19)16-9-5-3-4-6-11(9)18(22)23/h3-6,10,12H,2,7-8H2,1H3,(H,16,19)(H,17,20)/t10-,12+/m0/s1. The average molecular weight is 367 g/mol. The Morgan fingerprint density at radius 3 is 2.80 bits per heavy atom. The molecule has 25 heavy (non-hydrogen) atoms. The number of ether oxygens (including phenoxy) is 1. The Hall–Kier alpha value is -2.62. The van der Waals surface area contributed by atoms with Gasteiger partial charge in [0.15, 0.2) is 0 Å². The highest BCUT2D eigenvalue weighted by Crippen LogP contribution is 2.25. The van der Waals surface area contributed by atoms with Gasteiger partial charge in [-0.05, 0) is 13.0 Å². The van der Waals surface area contributed by atoms with E-state index in [-0.39, 0.29) is 24.4 Å². The number of carbonyl (C=O) groups excluding carboxylic acids is 3. The Bertz CT molecular complexity index is 696. The molecule has 0 saturated carbocycles. The largest absolute Gasteiger partial charge is 0.464 e. The van der Waals surface area contributed by atoms with Crippen LogP contribution in [0.2, 0.25) is 0 Å². The van der Waals surface area contributed by atoms with Crippen LogP contribution in [0.3, 0.4) is 0 Å². The van der Waals surface area contributed by atoms with Crippen molar-refractivity contribution in [3.63, 3.8) is 0 Å². The van der Waals surface area contributed by atoms with Gasteiger partial charge in [0.1, 0.15) is 11.7 Å². The maximum Gasteiger partial charge on any atom is 0.329 e. The second kappa shape index (κ2) is 8.47. The minimum absolute atomic E-state index is 0.0723. The van der Waals surface area contributed by atoms with Crippen molar-refractivity contribution in [1.29, 1.82) is 0 Å². The van der Waals surface area contributed by atoms with Gasteiger partial charge in [-0.1, -0.05) is 12.1 Å². The Balaban J connectivity index is 1.93. The summed E-state index contributed by atoms with van der Waals surface area (Å²) in [4.78, 5) is 46.1. The summed E-state index contributed by atoms with van der Waals surface area (Å²) in [5.74, 6) is -1.16. The number of hydrogen-bond donors (Lipinski definition) is 2. The fraction of sp³-hybridized carbons (Fsp3) is 0.400. The van der Waals surface area contributed by atoms with Gasteiger partial charge in [-0.15, -0.1) is 11.8 Å². The van der Waals surface area contributed by atoms with Gasteiger partial charge in [0.05, 0.1) is 16.8 Å². The molecule has 1 aromatic rings. The maximum absolute atomic E-state index is 12.1. The van der Waals surface area contributed by atoms with E-state index in [0.717, 1.165) is 0 Å². The topological polar surface area (TPSA) is 128 Å². The van der Waals surface area contributed by atoms with Gasteiger partial charge in [-0.3, -0.25) is 19.7 Å². The minimum Gasteiger partial charge on any atom is -0.464 e. The molecule has 2 atom stereocenters. The molecule has 1 heterocycles. The van der Waals surface area contributed by atoms with Crippen LogP contribution in [-0.4, -0.2) is 46.4 Å². The van der Waals surface area contributed by atoms with E-state index in [0.29, 0.717) is 5.75 Å². The van der Waals surface area contributed by atoms with Crippen molar-refractivity contribution in [2.75, 3.05) is 17.7 Å². The number of esters is 1. The monoisotopic (exact) mass is 367 g/mol. The molecule has 0 spiro atoms. The molecule has 1 aliphatic heterocycles. The third kappa shape index (κ3) is 4.92. The Morgan fingerprint density at radius 1 is 1.44 bits per heavy atom. The van der Waals surface area contributed by atoms with E-state index in [4.69, 9.17) is 4.74 Å². The molecule has 0 unspecified atom stereocenters. The number of rotatable bonds is 6. The van der Waals surface area contributed by atoms with E-state index in [1.807, 2.05) is 0 Å². The minimum atomic E-state index is -0.730. The fourth-order valence-electron chi connectivity index (χ4n) is 2.22. The average Bonchev–Trinajstić information content (AvgIpc) is 2.57. The third-order valence-corrected chi connectivity index (χ3v) is 4.70. The number of nitro groups is 1. The van der Waals surface area contributed by atoms with Crippen LogP contribution in [0.5, 0.6) is 0 Å². The maximum atomic E-state index is 12.1. The summed E-state index contributed by atoms with van der Waals surface area (Å²) in [6.45, 7) is 1.89. The van der Waals surface area contributed by atoms with Crippen LogP contribution in [0.4, 0.5) is 11.4 Å². The number of para-hydroxylation sites is 2. The highest BCUT2D eigenvalue weighted by Gasteiger charge is 2.34. The van der Waals surface area contributed by atoms with Gasteiger partial charge in [0.25, 0.3) is 5.69 Å². The van der Waals surface area contributed by atoms with Crippen LogP contribution in [0, 0.1) is 10.1 Å². The first-order valence-electron chi connectivity index (χ1n) is 7.54. The van der Waals surface area contributed by atoms with E-state index in [2.05, 4.69) is 10.6 Å². The van der Waals surface area contributed by atoms with Crippen molar-refractivity contribution < 1.29 is 24.0 Å². The molecule has 2 rings (SSSR count). The lowest BCUT2D eigenvalue weighted by Gasteiger charge is -2.27. The van der Waals surface area contributed by atoms with Crippen LogP contribution in [0.15, 0.2) is 24.3 Å². The summed E-state index contributed by atoms with van der Waals surface area (Å²) in [5, 5.41) is 15.2. The van der Waals surface area contributed by atoms with Gasteiger partial charge in [0.2, 0.25) is 11.8 Å². The Kier molecular flexibility index (Phi) is 6.34. The van der Waals surface area contributed by atoms with E-state index in [1.54, 1.807) is 13.0 Å². The second-order valence-corrected chi connectivity index (χ2v) is 6.40. The molecule has 1 fully saturated rings. The van der Waals surface area contributed by atoms with E-state index >= 15 is 0 Å². The second-order valence-electron chi connectivity index (χ2n) is 5.16. The number of benzene rings is 1. The first kappa shape index (κ1) is 18.7. The number of carbonyl (C=O) groups is 3. The Morgan fingerprint density at radius 2 is 2.16 bits per heavy atom. The molecule has 10 heteroatoms. The normalized spacial score (nSPS) is 19.6. The molecule has 2 N–H and O–H groups in total. The zero-order valence-electron chi connectivity index (χ0n) is 13.4. The van der Waals surface area contributed by atoms with Gasteiger partial charge in [-0.2, -0.15) is 0 Å². The van der Waals surface area contributed by atoms with Crippen LogP contribution in [0.1, 0.15) is 13.3 Å². The summed E-state index contributed by atoms with van der Waals surface area (Å²) in [7, 11) is 0. The first-order valence-corrected chi connectivity index (χ1v) is 8.59. The van der Waals surface area contributed by atoms with Crippen molar-refractivity contribution in [2.24, 2.45) is 0 Å². The lowest BCUT2D eigenvalue weighted by Crippen LogP contribution is -2.51. The highest BCUT2D eigenvalue weighted by atomic mass is 32.2. The molecule has 9 nitrogen and oxygen atoms in total. The van der Waals surface area contributed by atoms with Gasteiger partial charge < -0.3 is 15.4 Å². The van der Waals surface area contributed by atoms with Crippen molar-refractivity contribution in [2.45, 2.75) is 24.6 Å². The highest BCUT2D eigenvalue weighted by molar-refractivity contribution is 8.00. The van der Waals surface area contributed by atoms with Crippen molar-refractivity contribution in [3.05, 3.63) is 34.4 Å². The number of amides is 2. The van der Waals surface area contributed by atoms with Crippen LogP contribution in [-0.2, 0) is 19.1 Å². The summed E-state index contributed by atoms with van der Waals surface area (Å²) in [6.07, 6.45) is -0.155. The third-order valence-electron chi connectivity index (χ3n) is 3.39. The van der Waals surface area contributed by atoms with Crippen molar-refractivity contribution in [1.82, 2.24) is 5.32 Å². The quantitative estimate of drug-likeness (QED) is 0.437. The number of nitrogens with one attached hydrogen (secondary N) is 2. The Labute approximate surface area is 147 Å². The first-order chi connectivity index (χ1) is 11.9. The summed E-state index contributed by atoms with van der Waals surface area (Å²) >= 11 is 1.18. The number of thioether (sulfide) groups is 1. The predicted octanol–water partition coefficient (Wildman–Crippen LogP) is 1.09. The van der Waals surface area contributed by atoms with Gasteiger partial charge >= 0.3 is 5.97 Å². The van der Waals surface area contributed by atoms with E-state index < -0.39 is 34.0 Å². The lowest BCUT2D eigenvalue weighted by atomic mass is 10.2. The zero-order valence-corrected chi connectivity index (χ0v) is 14.2. The molecule has 2 amide bonds. The van der Waals surface area contributed by atoms with Gasteiger partial charge in [0, 0.05) is 18.2 Å². The van der Waals surface area contributed by atoms with Crippen molar-refractivity contribution in [3.8, 4) is 0 Å². The lowest BCUT2D eigenvalue weighted by molar-refractivity contribution is -0.383. The van der Waals surface area contributed by atoms with Crippen LogP contribution >= 0.6 is 11.8 Å². The van der Waals surface area contributed by atoms with Crippen molar-refractivity contribution >= 4 is 40.9 Å². The van der Waals surface area contributed by atoms with E-state index in [1.165, 1.54) is 30.0 Å². The smallest absolute Gasteiger partial charge is 0.329 e. The zero-order chi connectivity index (χ0) is 18.4. The SMILES string of the molecule is CCOC(=O)[C@@H]1CS[C@H](CC(=O)Nc2ccccc2[N+](=O)[O-])C(=O)N1. The summed E-state index contributed by atoms with van der Waals surface area (Å²) < 4.78 is 4.85. The fourth-order valence-corrected chi connectivity index (χ4v) is 3.36. The molecule has 0 aliphatic carbocycles. The molecular weight excluding hydrogens is 350 g/mol. The number of anilines is 1. The molecule has 1 aromatic carbocycles.